The van der Waals surface area contributed by atoms with Crippen molar-refractivity contribution in [3.8, 4) is 0 Å². The zero-order valence-corrected chi connectivity index (χ0v) is 8.27. The zero-order valence-electron chi connectivity index (χ0n) is 3.57. The topological polar surface area (TPSA) is 127 Å². The quantitative estimate of drug-likeness (QED) is 0.220. The summed E-state index contributed by atoms with van der Waals surface area (Å²) >= 11 is 0. The van der Waals surface area contributed by atoms with Crippen LogP contribution in [0.25, 0.3) is 0 Å². The Morgan fingerprint density at radius 3 is 1.25 bits per heavy atom. The standard InChI is InChI=1S/H3NO.H2O4S.Pb/c1-2;1-5(2,3)4;/h2H,1H2;(H2,1,2,3,4);/q;;+2/p-2. The molecule has 0 aromatic carbocycles. The molecule has 0 aromatic rings. The van der Waals surface area contributed by atoms with E-state index in [4.69, 9.17) is 22.7 Å². The summed E-state index contributed by atoms with van der Waals surface area (Å²) in [5.41, 5.74) is 0. The molecule has 0 aromatic heterocycles. The summed E-state index contributed by atoms with van der Waals surface area (Å²) in [5.74, 6) is 3.50. The molecule has 0 bridgehead atoms. The fourth-order valence-corrected chi connectivity index (χ4v) is 0. The van der Waals surface area contributed by atoms with Crippen molar-refractivity contribution < 1.29 is 22.7 Å². The van der Waals surface area contributed by atoms with Crippen molar-refractivity contribution in [1.29, 1.82) is 0 Å². The number of rotatable bonds is 0. The Labute approximate surface area is 66.4 Å². The van der Waals surface area contributed by atoms with Crippen LogP contribution in [-0.4, -0.2) is 50.0 Å². The second kappa shape index (κ2) is 7.71. The van der Waals surface area contributed by atoms with Crippen LogP contribution in [0.4, 0.5) is 0 Å². The van der Waals surface area contributed by atoms with E-state index in [0.29, 0.717) is 0 Å². The zero-order chi connectivity index (χ0) is 6.50. The third-order valence-corrected chi connectivity index (χ3v) is 0. The molecule has 3 N–H and O–H groups in total. The van der Waals surface area contributed by atoms with E-state index in [0.717, 1.165) is 0 Å². The van der Waals surface area contributed by atoms with Gasteiger partial charge in [-0.1, -0.05) is 0 Å². The van der Waals surface area contributed by atoms with Crippen molar-refractivity contribution >= 4 is 37.7 Å². The van der Waals surface area contributed by atoms with E-state index in [1.165, 1.54) is 0 Å². The van der Waals surface area contributed by atoms with E-state index in [-0.39, 0.29) is 27.3 Å². The average molecular weight is 336 g/mol. The Kier molecular flexibility index (Phi) is 15.3. The molecule has 6 nitrogen and oxygen atoms in total. The monoisotopic (exact) mass is 337 g/mol. The van der Waals surface area contributed by atoms with Crippen LogP contribution >= 0.6 is 0 Å². The molecule has 0 aliphatic carbocycles. The van der Waals surface area contributed by atoms with E-state index >= 15 is 0 Å². The molecule has 0 fully saturated rings. The summed E-state index contributed by atoms with van der Waals surface area (Å²) < 4.78 is 34.1. The van der Waals surface area contributed by atoms with Gasteiger partial charge in [0.2, 0.25) is 0 Å². The molecule has 0 saturated carbocycles. The maximum atomic E-state index is 8.52. The predicted molar refractivity (Wildman–Crippen MR) is 22.2 cm³/mol. The Hall–Kier alpha value is 0.712. The largest absolute Gasteiger partial charge is 2.00 e. The summed E-state index contributed by atoms with van der Waals surface area (Å²) in [7, 11) is -5.17. The molecule has 0 aliphatic heterocycles. The summed E-state index contributed by atoms with van der Waals surface area (Å²) in [5, 5.41) is 6.50. The molecule has 8 heteroatoms. The van der Waals surface area contributed by atoms with Crippen LogP contribution in [0.2, 0.25) is 0 Å². The minimum absolute atomic E-state index is 0. The maximum absolute atomic E-state index is 8.52. The van der Waals surface area contributed by atoms with Crippen LogP contribution in [0.3, 0.4) is 0 Å². The van der Waals surface area contributed by atoms with Gasteiger partial charge in [0.15, 0.2) is 0 Å². The molecule has 0 spiro atoms. The van der Waals surface area contributed by atoms with Crippen LogP contribution < -0.4 is 5.90 Å². The molecule has 0 rings (SSSR count). The first-order valence-electron chi connectivity index (χ1n) is 0.925. The Morgan fingerprint density at radius 2 is 1.25 bits per heavy atom. The van der Waals surface area contributed by atoms with E-state index in [2.05, 4.69) is 5.90 Å². The van der Waals surface area contributed by atoms with Gasteiger partial charge in [0, 0.05) is 10.4 Å². The van der Waals surface area contributed by atoms with E-state index in [9.17, 15) is 0 Å². The number of hydrogen-bond acceptors (Lipinski definition) is 6. The third-order valence-electron chi connectivity index (χ3n) is 0. The van der Waals surface area contributed by atoms with E-state index < -0.39 is 10.4 Å². The first-order valence-corrected chi connectivity index (χ1v) is 2.26. The fraction of sp³-hybridized carbons (Fsp3) is 0. The van der Waals surface area contributed by atoms with Gasteiger partial charge < -0.3 is 14.3 Å². The van der Waals surface area contributed by atoms with Crippen molar-refractivity contribution in [2.24, 2.45) is 5.90 Å². The van der Waals surface area contributed by atoms with Crippen molar-refractivity contribution in [3.63, 3.8) is 0 Å². The molecule has 0 aliphatic rings. The average Bonchev–Trinajstić information content (AvgIpc) is 1.36. The maximum Gasteiger partial charge on any atom is 2.00 e. The summed E-state index contributed by atoms with van der Waals surface area (Å²) in [6.07, 6.45) is 0. The van der Waals surface area contributed by atoms with E-state index in [1.807, 2.05) is 0 Å². The number of nitrogens with two attached hydrogens (primary N) is 1. The minimum Gasteiger partial charge on any atom is -0.759 e. The molecule has 2 radical (unpaired) electrons. The van der Waals surface area contributed by atoms with Gasteiger partial charge in [0.1, 0.15) is 0 Å². The van der Waals surface area contributed by atoms with Gasteiger partial charge >= 0.3 is 27.3 Å². The van der Waals surface area contributed by atoms with Gasteiger partial charge in [-0.25, -0.2) is 5.90 Å². The van der Waals surface area contributed by atoms with Gasteiger partial charge in [-0.2, -0.15) is 0 Å². The van der Waals surface area contributed by atoms with Crippen LogP contribution in [0.5, 0.6) is 0 Å². The molecular weight excluding hydrogens is 333 g/mol. The molecule has 0 saturated heterocycles. The smallest absolute Gasteiger partial charge is 0.759 e. The van der Waals surface area contributed by atoms with Gasteiger partial charge in [-0.3, -0.25) is 8.42 Å². The predicted octanol–water partition coefficient (Wildman–Crippen LogP) is -2.38. The summed E-state index contributed by atoms with van der Waals surface area (Å²) in [6, 6.07) is 0. The molecule has 48 valence electrons. The van der Waals surface area contributed by atoms with Gasteiger partial charge in [0.05, 0.1) is 0 Å². The van der Waals surface area contributed by atoms with Crippen molar-refractivity contribution in [2.45, 2.75) is 0 Å². The summed E-state index contributed by atoms with van der Waals surface area (Å²) in [4.78, 5) is 0. The van der Waals surface area contributed by atoms with Crippen molar-refractivity contribution in [2.75, 3.05) is 0 Å². The van der Waals surface area contributed by atoms with Crippen LogP contribution in [0.15, 0.2) is 0 Å². The second-order valence-electron chi connectivity index (χ2n) is 0.408. The molecule has 0 amide bonds. The van der Waals surface area contributed by atoms with Gasteiger partial charge in [0.25, 0.3) is 0 Å². The fourth-order valence-electron chi connectivity index (χ4n) is 0. The minimum atomic E-state index is -5.17. The molecule has 0 atom stereocenters. The Bertz CT molecular complexity index is 95.6. The van der Waals surface area contributed by atoms with Crippen molar-refractivity contribution in [1.82, 2.24) is 0 Å². The summed E-state index contributed by atoms with van der Waals surface area (Å²) in [6.45, 7) is 0. The molecular formula is H3NO5PbS. The van der Waals surface area contributed by atoms with Crippen LogP contribution in [0.1, 0.15) is 0 Å². The Balaban J connectivity index is -0.0000000750. The number of hydrogen-bond donors (Lipinski definition) is 2. The first kappa shape index (κ1) is 15.9. The SMILES string of the molecule is NO.O=S(=O)([O-])[O-].[Pb+2]. The van der Waals surface area contributed by atoms with Crippen molar-refractivity contribution in [3.05, 3.63) is 0 Å². The molecule has 0 heterocycles. The van der Waals surface area contributed by atoms with E-state index in [1.54, 1.807) is 0 Å². The van der Waals surface area contributed by atoms with Crippen LogP contribution in [-0.2, 0) is 10.4 Å². The molecule has 8 heavy (non-hydrogen) atoms. The van der Waals surface area contributed by atoms with Crippen LogP contribution in [0, 0.1) is 0 Å². The van der Waals surface area contributed by atoms with Gasteiger partial charge in [-0.15, -0.1) is 0 Å². The normalized spacial score (nSPS) is 8.00. The third kappa shape index (κ3) is 432. The first-order chi connectivity index (χ1) is 3.00. The molecule has 0 unspecified atom stereocenters. The second-order valence-corrected chi connectivity index (χ2v) is 1.22. The Morgan fingerprint density at radius 1 is 1.25 bits per heavy atom. The van der Waals surface area contributed by atoms with Gasteiger partial charge in [-0.05, 0) is 0 Å².